The lowest BCUT2D eigenvalue weighted by Crippen LogP contribution is -2.48. The largest absolute Gasteiger partial charge is 0.456 e. The van der Waals surface area contributed by atoms with E-state index in [0.29, 0.717) is 81.4 Å². The Hall–Kier alpha value is -3.22. The fraction of sp³-hybridized carbons (Fsp3) is 0.370. The number of halogens is 3. The monoisotopic (exact) mass is 616 g/mol. The van der Waals surface area contributed by atoms with Crippen molar-refractivity contribution < 1.29 is 14.3 Å². The molecule has 6 rings (SSSR count). The molecule has 1 aromatic carbocycles. The number of aromatic nitrogens is 5. The van der Waals surface area contributed by atoms with Crippen LogP contribution in [0.5, 0.6) is 6.01 Å². The number of H-pyrrole nitrogens is 1. The molecule has 0 aliphatic carbocycles. The van der Waals surface area contributed by atoms with Gasteiger partial charge in [0.15, 0.2) is 5.65 Å². The van der Waals surface area contributed by atoms with Crippen molar-refractivity contribution in [2.45, 2.75) is 12.2 Å². The van der Waals surface area contributed by atoms with Crippen molar-refractivity contribution in [3.63, 3.8) is 0 Å². The van der Waals surface area contributed by atoms with Crippen LogP contribution in [0.25, 0.3) is 33.2 Å². The van der Waals surface area contributed by atoms with Gasteiger partial charge in [0.2, 0.25) is 5.91 Å². The standard InChI is InChI=1S/C27H27Cl3N8O3/c1-4-21(39)37-5-7-38(8-6-37)26-14-9-17(29)24(22-15-11-31-35-18(15)10-16(28)23(22)30)32-25(14)33-27(34-26)41-20-13-36(2)12-19(20)40-3/h4,9-11,19-20H,1,5-8,12-13H2,2-3H3,(H,31,35)/t19-,20-/m1/s1. The van der Waals surface area contributed by atoms with Crippen LogP contribution in [0, 0.1) is 0 Å². The molecule has 5 heterocycles. The van der Waals surface area contributed by atoms with E-state index in [9.17, 15) is 4.79 Å². The van der Waals surface area contributed by atoms with Crippen LogP contribution in [-0.4, -0.2) is 106 Å². The van der Waals surface area contributed by atoms with Crippen LogP contribution in [0.15, 0.2) is 31.0 Å². The first-order valence-electron chi connectivity index (χ1n) is 13.0. The highest BCUT2D eigenvalue weighted by atomic mass is 35.5. The number of rotatable bonds is 6. The molecule has 0 spiro atoms. The van der Waals surface area contributed by atoms with E-state index in [0.717, 1.165) is 11.9 Å². The molecule has 0 unspecified atom stereocenters. The summed E-state index contributed by atoms with van der Waals surface area (Å²) in [6.45, 7) is 7.12. The molecule has 2 fully saturated rings. The number of likely N-dealkylation sites (tertiary alicyclic amines) is 1. The Balaban J connectivity index is 1.47. The number of carbonyl (C=O) groups excluding carboxylic acids is 1. The molecule has 2 aliphatic rings. The maximum atomic E-state index is 12.2. The second-order valence-corrected chi connectivity index (χ2v) is 11.3. The van der Waals surface area contributed by atoms with E-state index in [1.807, 2.05) is 7.05 Å². The summed E-state index contributed by atoms with van der Waals surface area (Å²) in [4.78, 5) is 32.5. The minimum absolute atomic E-state index is 0.101. The van der Waals surface area contributed by atoms with Crippen LogP contribution in [-0.2, 0) is 9.53 Å². The summed E-state index contributed by atoms with van der Waals surface area (Å²) < 4.78 is 12.0. The van der Waals surface area contributed by atoms with Crippen molar-refractivity contribution in [1.29, 1.82) is 0 Å². The van der Waals surface area contributed by atoms with Gasteiger partial charge in [0.1, 0.15) is 18.0 Å². The molecule has 3 aromatic heterocycles. The Bertz CT molecular complexity index is 1660. The molecular formula is C27H27Cl3N8O3. The lowest BCUT2D eigenvalue weighted by atomic mass is 10.1. The number of nitrogens with zero attached hydrogens (tertiary/aromatic N) is 7. The Morgan fingerprint density at radius 1 is 1.05 bits per heavy atom. The molecule has 0 bridgehead atoms. The van der Waals surface area contributed by atoms with Gasteiger partial charge >= 0.3 is 6.01 Å². The van der Waals surface area contributed by atoms with Crippen LogP contribution < -0.4 is 9.64 Å². The number of pyridine rings is 1. The number of ether oxygens (including phenoxy) is 2. The van der Waals surface area contributed by atoms with Gasteiger partial charge in [0, 0.05) is 57.3 Å². The number of amides is 1. The molecule has 214 valence electrons. The zero-order valence-corrected chi connectivity index (χ0v) is 24.7. The SMILES string of the molecule is C=CC(=O)N1CCN(c2nc(O[C@@H]3CN(C)C[C@H]3OC)nc3nc(-c4c(Cl)c(Cl)cc5[nH]ncc45)c(Cl)cc23)CC1. The van der Waals surface area contributed by atoms with Crippen molar-refractivity contribution in [2.75, 3.05) is 58.3 Å². The van der Waals surface area contributed by atoms with Gasteiger partial charge in [-0.15, -0.1) is 0 Å². The van der Waals surface area contributed by atoms with Crippen LogP contribution >= 0.6 is 34.8 Å². The fourth-order valence-electron chi connectivity index (χ4n) is 5.40. The summed E-state index contributed by atoms with van der Waals surface area (Å²) in [5.41, 5.74) is 2.03. The van der Waals surface area contributed by atoms with Gasteiger partial charge in [-0.05, 0) is 25.3 Å². The highest BCUT2D eigenvalue weighted by Gasteiger charge is 2.34. The Kier molecular flexibility index (Phi) is 7.64. The van der Waals surface area contributed by atoms with E-state index in [1.165, 1.54) is 6.08 Å². The predicted octanol–water partition coefficient (Wildman–Crippen LogP) is 4.07. The first kappa shape index (κ1) is 27.9. The average molecular weight is 618 g/mol. The lowest BCUT2D eigenvalue weighted by molar-refractivity contribution is -0.126. The maximum absolute atomic E-state index is 12.2. The zero-order chi connectivity index (χ0) is 28.8. The van der Waals surface area contributed by atoms with Crippen molar-refractivity contribution >= 4 is 68.5 Å². The van der Waals surface area contributed by atoms with Crippen LogP contribution in [0.1, 0.15) is 0 Å². The number of hydrogen-bond acceptors (Lipinski definition) is 9. The smallest absolute Gasteiger partial charge is 0.320 e. The molecule has 11 nitrogen and oxygen atoms in total. The number of methoxy groups -OCH3 is 1. The minimum Gasteiger partial charge on any atom is -0.456 e. The molecule has 2 saturated heterocycles. The van der Waals surface area contributed by atoms with Crippen molar-refractivity contribution in [3.8, 4) is 17.3 Å². The predicted molar refractivity (Wildman–Crippen MR) is 159 cm³/mol. The number of piperazine rings is 1. The Labute approximate surface area is 251 Å². The number of nitrogens with one attached hydrogen (secondary N) is 1. The molecule has 2 atom stereocenters. The van der Waals surface area contributed by atoms with Gasteiger partial charge in [-0.3, -0.25) is 14.8 Å². The van der Waals surface area contributed by atoms with Gasteiger partial charge < -0.3 is 19.3 Å². The molecule has 4 aromatic rings. The third kappa shape index (κ3) is 5.17. The number of fused-ring (bicyclic) bond motifs is 2. The summed E-state index contributed by atoms with van der Waals surface area (Å²) in [6, 6.07) is 3.66. The van der Waals surface area contributed by atoms with Gasteiger partial charge in [-0.2, -0.15) is 15.1 Å². The molecule has 1 amide bonds. The molecule has 1 N–H and O–H groups in total. The van der Waals surface area contributed by atoms with E-state index in [1.54, 1.807) is 30.3 Å². The highest BCUT2D eigenvalue weighted by molar-refractivity contribution is 6.45. The van der Waals surface area contributed by atoms with Gasteiger partial charge in [-0.25, -0.2) is 4.98 Å². The summed E-state index contributed by atoms with van der Waals surface area (Å²) in [5, 5.41) is 9.41. The molecular weight excluding hydrogens is 591 g/mol. The second kappa shape index (κ2) is 11.2. The quantitative estimate of drug-likeness (QED) is 0.320. The number of aromatic amines is 1. The first-order valence-corrected chi connectivity index (χ1v) is 14.1. The first-order chi connectivity index (χ1) is 19.8. The third-order valence-corrected chi connectivity index (χ3v) is 8.57. The van der Waals surface area contributed by atoms with Crippen LogP contribution in [0.3, 0.4) is 0 Å². The topological polar surface area (TPSA) is 113 Å². The molecule has 0 radical (unpaired) electrons. The summed E-state index contributed by atoms with van der Waals surface area (Å²) in [7, 11) is 3.67. The number of carbonyl (C=O) groups is 1. The molecule has 14 heteroatoms. The molecule has 2 aliphatic heterocycles. The van der Waals surface area contributed by atoms with E-state index in [4.69, 9.17) is 59.2 Å². The summed E-state index contributed by atoms with van der Waals surface area (Å²) in [5.74, 6) is 0.512. The molecule has 41 heavy (non-hydrogen) atoms. The van der Waals surface area contributed by atoms with E-state index >= 15 is 0 Å². The number of hydrogen-bond donors (Lipinski definition) is 1. The summed E-state index contributed by atoms with van der Waals surface area (Å²) in [6.07, 6.45) is 2.58. The number of likely N-dealkylation sites (N-methyl/N-ethyl adjacent to an activating group) is 1. The van der Waals surface area contributed by atoms with Crippen LogP contribution in [0.2, 0.25) is 15.1 Å². The number of benzene rings is 1. The van der Waals surface area contributed by atoms with E-state index in [2.05, 4.69) is 26.6 Å². The van der Waals surface area contributed by atoms with Crippen LogP contribution in [0.4, 0.5) is 5.82 Å². The van der Waals surface area contributed by atoms with Gasteiger partial charge in [-0.1, -0.05) is 41.4 Å². The van der Waals surface area contributed by atoms with Crippen molar-refractivity contribution in [2.24, 2.45) is 0 Å². The second-order valence-electron chi connectivity index (χ2n) is 10.1. The summed E-state index contributed by atoms with van der Waals surface area (Å²) >= 11 is 20.0. The highest BCUT2D eigenvalue weighted by Crippen LogP contribution is 2.42. The Morgan fingerprint density at radius 2 is 1.80 bits per heavy atom. The normalized spacial score (nSPS) is 19.8. The minimum atomic E-state index is -0.267. The maximum Gasteiger partial charge on any atom is 0.320 e. The Morgan fingerprint density at radius 3 is 2.54 bits per heavy atom. The lowest BCUT2D eigenvalue weighted by Gasteiger charge is -2.35. The van der Waals surface area contributed by atoms with E-state index < -0.39 is 0 Å². The average Bonchev–Trinajstić information content (AvgIpc) is 3.58. The van der Waals surface area contributed by atoms with Crippen molar-refractivity contribution in [1.82, 2.24) is 34.9 Å². The molecule has 0 saturated carbocycles. The van der Waals surface area contributed by atoms with Gasteiger partial charge in [0.05, 0.1) is 37.9 Å². The zero-order valence-electron chi connectivity index (χ0n) is 22.4. The van der Waals surface area contributed by atoms with Gasteiger partial charge in [0.25, 0.3) is 0 Å². The third-order valence-electron chi connectivity index (χ3n) is 7.50. The number of anilines is 1. The van der Waals surface area contributed by atoms with E-state index in [-0.39, 0.29) is 24.1 Å². The fourth-order valence-corrected chi connectivity index (χ4v) is 6.09. The van der Waals surface area contributed by atoms with Crippen molar-refractivity contribution in [3.05, 3.63) is 46.1 Å².